The number of pyridine rings is 1. The first kappa shape index (κ1) is 12.9. The minimum absolute atomic E-state index is 0.00146. The highest BCUT2D eigenvalue weighted by atomic mass is 32.2. The van der Waals surface area contributed by atoms with Crippen molar-refractivity contribution in [2.45, 2.75) is 11.4 Å². The van der Waals surface area contributed by atoms with Gasteiger partial charge in [-0.15, -0.1) is 11.8 Å². The van der Waals surface area contributed by atoms with Crippen molar-refractivity contribution < 1.29 is 9.59 Å². The Morgan fingerprint density at radius 1 is 1.50 bits per heavy atom. The van der Waals surface area contributed by atoms with E-state index in [4.69, 9.17) is 0 Å². The monoisotopic (exact) mass is 265 g/mol. The number of nitrogens with zero attached hydrogens (tertiary/aromatic N) is 2. The van der Waals surface area contributed by atoms with Gasteiger partial charge < -0.3 is 10.2 Å². The third-order valence-electron chi connectivity index (χ3n) is 2.79. The zero-order valence-electron chi connectivity index (χ0n) is 10.2. The maximum Gasteiger partial charge on any atom is 0.256 e. The molecule has 0 spiro atoms. The first-order valence-corrected chi connectivity index (χ1v) is 7.00. The zero-order chi connectivity index (χ0) is 13.0. The summed E-state index contributed by atoms with van der Waals surface area (Å²) in [6.45, 7) is 1.53. The second kappa shape index (κ2) is 5.86. The van der Waals surface area contributed by atoms with E-state index in [0.29, 0.717) is 31.6 Å². The molecule has 5 nitrogen and oxygen atoms in total. The molecule has 96 valence electrons. The Labute approximate surface area is 110 Å². The fourth-order valence-electron chi connectivity index (χ4n) is 1.86. The van der Waals surface area contributed by atoms with E-state index in [1.807, 2.05) is 6.26 Å². The number of carbonyl (C=O) groups is 2. The van der Waals surface area contributed by atoms with Crippen LogP contribution in [0.2, 0.25) is 0 Å². The molecule has 6 heteroatoms. The molecule has 1 aromatic rings. The van der Waals surface area contributed by atoms with Gasteiger partial charge in [-0.25, -0.2) is 4.98 Å². The van der Waals surface area contributed by atoms with E-state index in [1.165, 1.54) is 11.8 Å². The van der Waals surface area contributed by atoms with Crippen molar-refractivity contribution in [2.24, 2.45) is 0 Å². The van der Waals surface area contributed by atoms with E-state index < -0.39 is 0 Å². The van der Waals surface area contributed by atoms with Gasteiger partial charge in [-0.1, -0.05) is 0 Å². The summed E-state index contributed by atoms with van der Waals surface area (Å²) in [7, 11) is 0. The lowest BCUT2D eigenvalue weighted by Gasteiger charge is -2.20. The van der Waals surface area contributed by atoms with Gasteiger partial charge in [0.25, 0.3) is 5.91 Å². The molecule has 1 saturated heterocycles. The molecule has 0 atom stereocenters. The van der Waals surface area contributed by atoms with Gasteiger partial charge in [0.2, 0.25) is 5.91 Å². The lowest BCUT2D eigenvalue weighted by Crippen LogP contribution is -2.34. The molecule has 1 N–H and O–H groups in total. The second-order valence-corrected chi connectivity index (χ2v) is 4.75. The van der Waals surface area contributed by atoms with Gasteiger partial charge in [-0.05, 0) is 18.4 Å². The molecule has 0 radical (unpaired) electrons. The van der Waals surface area contributed by atoms with Gasteiger partial charge in [0.05, 0.1) is 5.56 Å². The standard InChI is InChI=1S/C12H15N3O2S/c1-18-11-9(3-2-5-14-11)12(17)15-7-4-10(16)13-6-8-15/h2-3,5H,4,6-8H2,1H3,(H,13,16). The highest BCUT2D eigenvalue weighted by Gasteiger charge is 2.21. The van der Waals surface area contributed by atoms with Crippen LogP contribution in [0.5, 0.6) is 0 Å². The Morgan fingerprint density at radius 3 is 3.11 bits per heavy atom. The Balaban J connectivity index is 2.17. The maximum absolute atomic E-state index is 12.4. The summed E-state index contributed by atoms with van der Waals surface area (Å²) in [4.78, 5) is 29.5. The van der Waals surface area contributed by atoms with Crippen molar-refractivity contribution in [3.63, 3.8) is 0 Å². The topological polar surface area (TPSA) is 62.3 Å². The fraction of sp³-hybridized carbons (Fsp3) is 0.417. The van der Waals surface area contributed by atoms with E-state index in [2.05, 4.69) is 10.3 Å². The van der Waals surface area contributed by atoms with Crippen LogP contribution in [-0.2, 0) is 4.79 Å². The lowest BCUT2D eigenvalue weighted by molar-refractivity contribution is -0.120. The number of rotatable bonds is 2. The minimum Gasteiger partial charge on any atom is -0.354 e. The summed E-state index contributed by atoms with van der Waals surface area (Å²) < 4.78 is 0. The van der Waals surface area contributed by atoms with Crippen molar-refractivity contribution in [3.05, 3.63) is 23.9 Å². The quantitative estimate of drug-likeness (QED) is 0.802. The van der Waals surface area contributed by atoms with Crippen molar-refractivity contribution in [3.8, 4) is 0 Å². The summed E-state index contributed by atoms with van der Waals surface area (Å²) in [5.74, 6) is -0.0504. The molecular weight excluding hydrogens is 250 g/mol. The van der Waals surface area contributed by atoms with E-state index in [-0.39, 0.29) is 11.8 Å². The SMILES string of the molecule is CSc1ncccc1C(=O)N1CCNC(=O)CC1. The molecule has 2 rings (SSSR count). The molecule has 0 aromatic carbocycles. The second-order valence-electron chi connectivity index (χ2n) is 3.95. The highest BCUT2D eigenvalue weighted by molar-refractivity contribution is 7.98. The highest BCUT2D eigenvalue weighted by Crippen LogP contribution is 2.18. The molecule has 2 amide bonds. The minimum atomic E-state index is -0.0519. The van der Waals surface area contributed by atoms with Crippen LogP contribution in [0, 0.1) is 0 Å². The first-order valence-electron chi connectivity index (χ1n) is 5.77. The summed E-state index contributed by atoms with van der Waals surface area (Å²) >= 11 is 1.45. The Bertz CT molecular complexity index is 464. The number of hydrogen-bond acceptors (Lipinski definition) is 4. The van der Waals surface area contributed by atoms with Crippen LogP contribution in [0.3, 0.4) is 0 Å². The van der Waals surface area contributed by atoms with Crippen LogP contribution < -0.4 is 5.32 Å². The number of amides is 2. The predicted octanol–water partition coefficient (Wildman–Crippen LogP) is 0.766. The van der Waals surface area contributed by atoms with Gasteiger partial charge in [0.1, 0.15) is 5.03 Å². The number of carbonyl (C=O) groups excluding carboxylic acids is 2. The third kappa shape index (κ3) is 2.81. The summed E-state index contributed by atoms with van der Waals surface area (Å²) in [5, 5.41) is 3.48. The third-order valence-corrected chi connectivity index (χ3v) is 3.51. The smallest absolute Gasteiger partial charge is 0.256 e. The molecular formula is C12H15N3O2S. The molecule has 0 bridgehead atoms. The predicted molar refractivity (Wildman–Crippen MR) is 69.5 cm³/mol. The van der Waals surface area contributed by atoms with Gasteiger partial charge in [-0.2, -0.15) is 0 Å². The van der Waals surface area contributed by atoms with E-state index >= 15 is 0 Å². The Hall–Kier alpha value is -1.56. The van der Waals surface area contributed by atoms with E-state index in [1.54, 1.807) is 23.2 Å². The molecule has 0 aliphatic carbocycles. The fourth-order valence-corrected chi connectivity index (χ4v) is 2.40. The molecule has 18 heavy (non-hydrogen) atoms. The maximum atomic E-state index is 12.4. The summed E-state index contributed by atoms with van der Waals surface area (Å²) in [6, 6.07) is 3.54. The number of hydrogen-bond donors (Lipinski definition) is 1. The van der Waals surface area contributed by atoms with Gasteiger partial charge in [0, 0.05) is 32.3 Å². The van der Waals surface area contributed by atoms with E-state index in [9.17, 15) is 9.59 Å². The van der Waals surface area contributed by atoms with Crippen molar-refractivity contribution >= 4 is 23.6 Å². The van der Waals surface area contributed by atoms with Gasteiger partial charge in [0.15, 0.2) is 0 Å². The normalized spacial score (nSPS) is 16.1. The van der Waals surface area contributed by atoms with Crippen LogP contribution in [0.1, 0.15) is 16.8 Å². The summed E-state index contributed by atoms with van der Waals surface area (Å²) in [6.07, 6.45) is 3.93. The number of thioether (sulfide) groups is 1. The van der Waals surface area contributed by atoms with Crippen LogP contribution in [0.25, 0.3) is 0 Å². The molecule has 0 saturated carbocycles. The number of nitrogens with one attached hydrogen (secondary N) is 1. The van der Waals surface area contributed by atoms with Crippen LogP contribution in [0.4, 0.5) is 0 Å². The van der Waals surface area contributed by atoms with Crippen molar-refractivity contribution in [1.29, 1.82) is 0 Å². The van der Waals surface area contributed by atoms with Gasteiger partial charge in [-0.3, -0.25) is 9.59 Å². The lowest BCUT2D eigenvalue weighted by atomic mass is 10.2. The molecule has 1 fully saturated rings. The average molecular weight is 265 g/mol. The van der Waals surface area contributed by atoms with Crippen LogP contribution >= 0.6 is 11.8 Å². The van der Waals surface area contributed by atoms with Crippen molar-refractivity contribution in [1.82, 2.24) is 15.2 Å². The Kier molecular flexibility index (Phi) is 4.19. The average Bonchev–Trinajstić information content (AvgIpc) is 2.62. The number of aromatic nitrogens is 1. The molecule has 1 aliphatic rings. The summed E-state index contributed by atoms with van der Waals surface area (Å²) in [5.41, 5.74) is 0.611. The Morgan fingerprint density at radius 2 is 2.33 bits per heavy atom. The first-order chi connectivity index (χ1) is 8.72. The van der Waals surface area contributed by atoms with Gasteiger partial charge >= 0.3 is 0 Å². The van der Waals surface area contributed by atoms with E-state index in [0.717, 1.165) is 5.03 Å². The van der Waals surface area contributed by atoms with Crippen molar-refractivity contribution in [2.75, 3.05) is 25.9 Å². The molecule has 1 aliphatic heterocycles. The van der Waals surface area contributed by atoms with Crippen LogP contribution in [0.15, 0.2) is 23.4 Å². The molecule has 0 unspecified atom stereocenters. The molecule has 2 heterocycles. The largest absolute Gasteiger partial charge is 0.354 e. The van der Waals surface area contributed by atoms with Crippen LogP contribution in [-0.4, -0.2) is 47.6 Å². The zero-order valence-corrected chi connectivity index (χ0v) is 11.0. The molecule has 1 aromatic heterocycles.